The number of aliphatic carboxylic acids is 1. The summed E-state index contributed by atoms with van der Waals surface area (Å²) in [5, 5.41) is 8.99. The zero-order valence-corrected chi connectivity index (χ0v) is 9.19. The summed E-state index contributed by atoms with van der Waals surface area (Å²) in [5.74, 6) is -2.50. The zero-order valence-electron chi connectivity index (χ0n) is 9.19. The van der Waals surface area contributed by atoms with E-state index in [2.05, 4.69) is 0 Å². The van der Waals surface area contributed by atoms with Crippen LogP contribution in [0.25, 0.3) is 0 Å². The summed E-state index contributed by atoms with van der Waals surface area (Å²) in [4.78, 5) is 23.5. The molecule has 1 heterocycles. The fourth-order valence-electron chi connectivity index (χ4n) is 2.28. The molecule has 0 aromatic carbocycles. The van der Waals surface area contributed by atoms with Crippen LogP contribution in [0.15, 0.2) is 0 Å². The number of carbonyl (C=O) groups excluding carboxylic acids is 1. The molecular weight excluding hydrogens is 220 g/mol. The number of hydrogen-bond donors (Lipinski definition) is 1. The standard InChI is InChI=1S/C10H15F2NO3/c1-5-3-8(14)13(4-7(11)12)6(2)9(5)10(15)16/h5-7,9H,3-4H2,1-2H3,(H,15,16). The number of rotatable bonds is 3. The topological polar surface area (TPSA) is 57.6 Å². The number of hydrogen-bond acceptors (Lipinski definition) is 2. The lowest BCUT2D eigenvalue weighted by Gasteiger charge is -2.40. The Morgan fingerprint density at radius 3 is 2.56 bits per heavy atom. The van der Waals surface area contributed by atoms with Gasteiger partial charge in [0.05, 0.1) is 12.5 Å². The van der Waals surface area contributed by atoms with Gasteiger partial charge in [0.1, 0.15) is 0 Å². The summed E-state index contributed by atoms with van der Waals surface area (Å²) in [5.41, 5.74) is 0. The number of carboxylic acid groups (broad SMARTS) is 1. The lowest BCUT2D eigenvalue weighted by molar-refractivity contribution is -0.156. The molecule has 0 radical (unpaired) electrons. The first kappa shape index (κ1) is 12.9. The van der Waals surface area contributed by atoms with Crippen molar-refractivity contribution in [2.75, 3.05) is 6.54 Å². The number of carboxylic acids is 1. The van der Waals surface area contributed by atoms with E-state index in [-0.39, 0.29) is 12.3 Å². The van der Waals surface area contributed by atoms with Gasteiger partial charge in [-0.15, -0.1) is 0 Å². The molecule has 1 saturated heterocycles. The van der Waals surface area contributed by atoms with Crippen LogP contribution in [0.2, 0.25) is 0 Å². The van der Waals surface area contributed by atoms with Crippen LogP contribution in [-0.2, 0) is 9.59 Å². The average Bonchev–Trinajstić information content (AvgIpc) is 2.10. The second-order valence-corrected chi connectivity index (χ2v) is 4.22. The molecule has 1 aliphatic rings. The van der Waals surface area contributed by atoms with Crippen molar-refractivity contribution < 1.29 is 23.5 Å². The molecule has 1 amide bonds. The maximum absolute atomic E-state index is 12.3. The molecule has 0 saturated carbocycles. The van der Waals surface area contributed by atoms with Crippen LogP contribution in [0, 0.1) is 11.8 Å². The molecule has 1 N–H and O–H groups in total. The van der Waals surface area contributed by atoms with Crippen LogP contribution in [0.4, 0.5) is 8.78 Å². The molecule has 0 aromatic rings. The van der Waals surface area contributed by atoms with Crippen molar-refractivity contribution in [2.24, 2.45) is 11.8 Å². The van der Waals surface area contributed by atoms with Gasteiger partial charge < -0.3 is 10.0 Å². The summed E-state index contributed by atoms with van der Waals surface area (Å²) in [6.45, 7) is 2.48. The number of halogens is 2. The molecule has 6 heteroatoms. The van der Waals surface area contributed by atoms with E-state index in [9.17, 15) is 18.4 Å². The van der Waals surface area contributed by atoms with Gasteiger partial charge in [0.25, 0.3) is 6.43 Å². The van der Waals surface area contributed by atoms with E-state index < -0.39 is 36.8 Å². The molecule has 4 nitrogen and oxygen atoms in total. The fraction of sp³-hybridized carbons (Fsp3) is 0.800. The smallest absolute Gasteiger partial charge is 0.308 e. The zero-order chi connectivity index (χ0) is 12.5. The summed E-state index contributed by atoms with van der Waals surface area (Å²) < 4.78 is 24.5. The van der Waals surface area contributed by atoms with Gasteiger partial charge in [0.15, 0.2) is 0 Å². The van der Waals surface area contributed by atoms with Crippen LogP contribution in [0.1, 0.15) is 20.3 Å². The van der Waals surface area contributed by atoms with Gasteiger partial charge in [-0.25, -0.2) is 8.78 Å². The van der Waals surface area contributed by atoms with Crippen molar-refractivity contribution in [2.45, 2.75) is 32.7 Å². The highest BCUT2D eigenvalue weighted by atomic mass is 19.3. The molecule has 3 unspecified atom stereocenters. The van der Waals surface area contributed by atoms with Crippen LogP contribution in [-0.4, -0.2) is 40.9 Å². The Morgan fingerprint density at radius 1 is 1.56 bits per heavy atom. The maximum atomic E-state index is 12.3. The number of nitrogens with zero attached hydrogens (tertiary/aromatic N) is 1. The number of carbonyl (C=O) groups is 2. The minimum Gasteiger partial charge on any atom is -0.481 e. The molecule has 1 fully saturated rings. The van der Waals surface area contributed by atoms with Gasteiger partial charge in [0.2, 0.25) is 5.91 Å². The van der Waals surface area contributed by atoms with E-state index in [1.54, 1.807) is 6.92 Å². The average molecular weight is 235 g/mol. The monoisotopic (exact) mass is 235 g/mol. The van der Waals surface area contributed by atoms with E-state index in [0.29, 0.717) is 0 Å². The van der Waals surface area contributed by atoms with Crippen molar-refractivity contribution in [3.8, 4) is 0 Å². The lowest BCUT2D eigenvalue weighted by Crippen LogP contribution is -2.54. The minimum atomic E-state index is -2.63. The number of alkyl halides is 2. The lowest BCUT2D eigenvalue weighted by atomic mass is 9.81. The molecular formula is C10H15F2NO3. The first-order valence-corrected chi connectivity index (χ1v) is 5.15. The second-order valence-electron chi connectivity index (χ2n) is 4.22. The first-order chi connectivity index (χ1) is 7.34. The quantitative estimate of drug-likeness (QED) is 0.799. The van der Waals surface area contributed by atoms with Gasteiger partial charge in [-0.3, -0.25) is 9.59 Å². The SMILES string of the molecule is CC1CC(=O)N(CC(F)F)C(C)C1C(=O)O. The van der Waals surface area contributed by atoms with Crippen molar-refractivity contribution in [3.63, 3.8) is 0 Å². The Hall–Kier alpha value is -1.20. The molecule has 0 bridgehead atoms. The summed E-state index contributed by atoms with van der Waals surface area (Å²) in [7, 11) is 0. The molecule has 1 aliphatic heterocycles. The van der Waals surface area contributed by atoms with Crippen LogP contribution >= 0.6 is 0 Å². The van der Waals surface area contributed by atoms with Crippen molar-refractivity contribution in [1.82, 2.24) is 4.90 Å². The fourth-order valence-corrected chi connectivity index (χ4v) is 2.28. The molecule has 3 atom stereocenters. The second kappa shape index (κ2) is 4.76. The third kappa shape index (κ3) is 2.48. The van der Waals surface area contributed by atoms with E-state index in [0.717, 1.165) is 4.90 Å². The normalized spacial score (nSPS) is 30.9. The number of likely N-dealkylation sites (tertiary alicyclic amines) is 1. The Labute approximate surface area is 92.2 Å². The number of amides is 1. The predicted octanol–water partition coefficient (Wildman–Crippen LogP) is 1.21. The highest BCUT2D eigenvalue weighted by molar-refractivity contribution is 5.81. The summed E-state index contributed by atoms with van der Waals surface area (Å²) in [6, 6.07) is -0.678. The Balaban J connectivity index is 2.85. The van der Waals surface area contributed by atoms with Crippen molar-refractivity contribution in [1.29, 1.82) is 0 Å². The molecule has 0 aliphatic carbocycles. The van der Waals surface area contributed by atoms with E-state index in [4.69, 9.17) is 5.11 Å². The van der Waals surface area contributed by atoms with Gasteiger partial charge in [-0.2, -0.15) is 0 Å². The Kier molecular flexibility index (Phi) is 3.83. The van der Waals surface area contributed by atoms with E-state index >= 15 is 0 Å². The third-order valence-electron chi connectivity index (χ3n) is 3.06. The van der Waals surface area contributed by atoms with Crippen LogP contribution in [0.5, 0.6) is 0 Å². The predicted molar refractivity (Wildman–Crippen MR) is 52.1 cm³/mol. The van der Waals surface area contributed by atoms with Gasteiger partial charge in [0, 0.05) is 12.5 Å². The highest BCUT2D eigenvalue weighted by Crippen LogP contribution is 2.30. The molecule has 1 rings (SSSR count). The molecule has 0 spiro atoms. The van der Waals surface area contributed by atoms with E-state index in [1.165, 1.54) is 6.92 Å². The highest BCUT2D eigenvalue weighted by Gasteiger charge is 2.42. The summed E-state index contributed by atoms with van der Waals surface area (Å²) >= 11 is 0. The molecule has 92 valence electrons. The van der Waals surface area contributed by atoms with Crippen molar-refractivity contribution >= 4 is 11.9 Å². The third-order valence-corrected chi connectivity index (χ3v) is 3.06. The van der Waals surface area contributed by atoms with E-state index in [1.807, 2.05) is 0 Å². The molecule has 16 heavy (non-hydrogen) atoms. The van der Waals surface area contributed by atoms with Gasteiger partial charge in [-0.05, 0) is 12.8 Å². The Bertz CT molecular complexity index is 296. The number of piperidine rings is 1. The maximum Gasteiger partial charge on any atom is 0.308 e. The van der Waals surface area contributed by atoms with Crippen LogP contribution in [0.3, 0.4) is 0 Å². The Morgan fingerprint density at radius 2 is 2.12 bits per heavy atom. The largest absolute Gasteiger partial charge is 0.481 e. The van der Waals surface area contributed by atoms with Gasteiger partial charge in [-0.1, -0.05) is 6.92 Å². The van der Waals surface area contributed by atoms with Gasteiger partial charge >= 0.3 is 5.97 Å². The molecule has 0 aromatic heterocycles. The minimum absolute atomic E-state index is 0.0219. The van der Waals surface area contributed by atoms with Crippen molar-refractivity contribution in [3.05, 3.63) is 0 Å². The van der Waals surface area contributed by atoms with Crippen LogP contribution < -0.4 is 0 Å². The summed E-state index contributed by atoms with van der Waals surface area (Å²) in [6.07, 6.45) is -2.61. The first-order valence-electron chi connectivity index (χ1n) is 5.15.